The molecule has 0 spiro atoms. The van der Waals surface area contributed by atoms with Gasteiger partial charge in [-0.3, -0.25) is 15.2 Å². The average molecular weight is 236 g/mol. The Kier molecular flexibility index (Phi) is 5.59. The van der Waals surface area contributed by atoms with E-state index in [1.54, 1.807) is 12.4 Å². The average Bonchev–Trinajstić information content (AvgIpc) is 2.29. The van der Waals surface area contributed by atoms with E-state index in [0.717, 1.165) is 5.56 Å². The quantitative estimate of drug-likeness (QED) is 0.631. The fourth-order valence-electron chi connectivity index (χ4n) is 1.44. The van der Waals surface area contributed by atoms with Crippen LogP contribution in [0.25, 0.3) is 0 Å². The lowest BCUT2D eigenvalue weighted by Gasteiger charge is -2.14. The van der Waals surface area contributed by atoms with Crippen LogP contribution in [-0.4, -0.2) is 16.9 Å². The smallest absolute Gasteiger partial charge is 0.250 e. The van der Waals surface area contributed by atoms with Crippen LogP contribution in [0, 0.1) is 5.92 Å². The highest BCUT2D eigenvalue weighted by Gasteiger charge is 2.13. The zero-order valence-electron chi connectivity index (χ0n) is 10.3. The number of carbonyl (C=O) groups excluding carboxylic acids is 1. The summed E-state index contributed by atoms with van der Waals surface area (Å²) >= 11 is 0. The maximum Gasteiger partial charge on any atom is 0.250 e. The summed E-state index contributed by atoms with van der Waals surface area (Å²) < 4.78 is 0. The summed E-state index contributed by atoms with van der Waals surface area (Å²) in [6.07, 6.45) is 4.11. The number of carbonyl (C=O) groups is 1. The van der Waals surface area contributed by atoms with Gasteiger partial charge in [0, 0.05) is 18.9 Å². The van der Waals surface area contributed by atoms with E-state index in [4.69, 9.17) is 5.73 Å². The first-order chi connectivity index (χ1) is 8.09. The van der Waals surface area contributed by atoms with Crippen LogP contribution in [0.1, 0.15) is 25.8 Å². The zero-order chi connectivity index (χ0) is 12.7. The molecule has 1 aromatic heterocycles. The molecule has 1 rings (SSSR count). The van der Waals surface area contributed by atoms with Crippen molar-refractivity contribution in [3.63, 3.8) is 0 Å². The van der Waals surface area contributed by atoms with Crippen molar-refractivity contribution < 1.29 is 4.79 Å². The number of pyridine rings is 1. The van der Waals surface area contributed by atoms with Crippen LogP contribution < -0.4 is 16.6 Å². The number of nitrogens with zero attached hydrogens (tertiary/aromatic N) is 1. The van der Waals surface area contributed by atoms with Crippen molar-refractivity contribution in [3.8, 4) is 0 Å². The molecular formula is C12H20N4O. The SMILES string of the molecule is CC(C)CC(N)C(=O)NNCc1ccncc1. The largest absolute Gasteiger partial charge is 0.320 e. The number of aromatic nitrogens is 1. The second-order valence-corrected chi connectivity index (χ2v) is 4.43. The molecule has 1 heterocycles. The van der Waals surface area contributed by atoms with E-state index in [1.807, 2.05) is 26.0 Å². The summed E-state index contributed by atoms with van der Waals surface area (Å²) in [5.74, 6) is 0.240. The highest BCUT2D eigenvalue weighted by Crippen LogP contribution is 2.02. The first-order valence-electron chi connectivity index (χ1n) is 5.76. The second-order valence-electron chi connectivity index (χ2n) is 4.43. The van der Waals surface area contributed by atoms with E-state index in [1.165, 1.54) is 0 Å². The summed E-state index contributed by atoms with van der Waals surface area (Å²) in [6, 6.07) is 3.31. The molecule has 0 bridgehead atoms. The molecule has 5 nitrogen and oxygen atoms in total. The highest BCUT2D eigenvalue weighted by atomic mass is 16.2. The Morgan fingerprint density at radius 2 is 2.06 bits per heavy atom. The van der Waals surface area contributed by atoms with Gasteiger partial charge in [0.2, 0.25) is 0 Å². The summed E-state index contributed by atoms with van der Waals surface area (Å²) in [6.45, 7) is 4.64. The molecule has 1 amide bonds. The van der Waals surface area contributed by atoms with Gasteiger partial charge in [0.25, 0.3) is 5.91 Å². The molecule has 0 fully saturated rings. The van der Waals surface area contributed by atoms with Gasteiger partial charge in [0.1, 0.15) is 0 Å². The fourth-order valence-corrected chi connectivity index (χ4v) is 1.44. The van der Waals surface area contributed by atoms with E-state index >= 15 is 0 Å². The van der Waals surface area contributed by atoms with Crippen LogP contribution >= 0.6 is 0 Å². The lowest BCUT2D eigenvalue weighted by molar-refractivity contribution is -0.123. The summed E-state index contributed by atoms with van der Waals surface area (Å²) in [5, 5.41) is 0. The van der Waals surface area contributed by atoms with Crippen LogP contribution in [0.15, 0.2) is 24.5 Å². The Morgan fingerprint density at radius 3 is 2.65 bits per heavy atom. The topological polar surface area (TPSA) is 80.0 Å². The number of nitrogens with two attached hydrogens (primary N) is 1. The van der Waals surface area contributed by atoms with Gasteiger partial charge in [0.15, 0.2) is 0 Å². The molecule has 0 aliphatic rings. The molecular weight excluding hydrogens is 216 g/mol. The Bertz CT molecular complexity index is 340. The van der Waals surface area contributed by atoms with Gasteiger partial charge in [0.05, 0.1) is 6.04 Å². The van der Waals surface area contributed by atoms with E-state index in [9.17, 15) is 4.79 Å². The molecule has 1 atom stereocenters. The Morgan fingerprint density at radius 1 is 1.41 bits per heavy atom. The van der Waals surface area contributed by atoms with Crippen LogP contribution in [0.4, 0.5) is 0 Å². The maximum atomic E-state index is 11.6. The van der Waals surface area contributed by atoms with Crippen LogP contribution in [0.3, 0.4) is 0 Å². The number of nitrogens with one attached hydrogen (secondary N) is 2. The molecule has 1 unspecified atom stereocenters. The van der Waals surface area contributed by atoms with Crippen LogP contribution in [-0.2, 0) is 11.3 Å². The lowest BCUT2D eigenvalue weighted by atomic mass is 10.0. The number of amides is 1. The van der Waals surface area contributed by atoms with E-state index in [2.05, 4.69) is 15.8 Å². The first-order valence-corrected chi connectivity index (χ1v) is 5.76. The van der Waals surface area contributed by atoms with E-state index < -0.39 is 6.04 Å². The highest BCUT2D eigenvalue weighted by molar-refractivity contribution is 5.80. The fraction of sp³-hybridized carbons (Fsp3) is 0.500. The van der Waals surface area contributed by atoms with Gasteiger partial charge in [-0.2, -0.15) is 0 Å². The Balaban J connectivity index is 2.24. The molecule has 0 aromatic carbocycles. The molecule has 0 aliphatic carbocycles. The van der Waals surface area contributed by atoms with Crippen molar-refractivity contribution in [2.75, 3.05) is 0 Å². The third kappa shape index (κ3) is 5.42. The minimum atomic E-state index is -0.458. The standard InChI is InChI=1S/C12H20N4O/c1-9(2)7-11(13)12(17)16-15-8-10-3-5-14-6-4-10/h3-6,9,11,15H,7-8,13H2,1-2H3,(H,16,17). The number of hydrogen-bond donors (Lipinski definition) is 3. The Hall–Kier alpha value is -1.46. The molecule has 94 valence electrons. The number of hydrazine groups is 1. The van der Waals surface area contributed by atoms with Crippen molar-refractivity contribution in [2.24, 2.45) is 11.7 Å². The minimum Gasteiger partial charge on any atom is -0.320 e. The third-order valence-electron chi connectivity index (χ3n) is 2.32. The monoisotopic (exact) mass is 236 g/mol. The normalized spacial score (nSPS) is 12.5. The first kappa shape index (κ1) is 13.6. The third-order valence-corrected chi connectivity index (χ3v) is 2.32. The van der Waals surface area contributed by atoms with Gasteiger partial charge in [-0.25, -0.2) is 5.43 Å². The second kappa shape index (κ2) is 6.98. The molecule has 0 radical (unpaired) electrons. The molecule has 0 saturated carbocycles. The predicted molar refractivity (Wildman–Crippen MR) is 66.6 cm³/mol. The minimum absolute atomic E-state index is 0.173. The number of rotatable bonds is 6. The maximum absolute atomic E-state index is 11.6. The number of hydrogen-bond acceptors (Lipinski definition) is 4. The molecule has 17 heavy (non-hydrogen) atoms. The lowest BCUT2D eigenvalue weighted by Crippen LogP contribution is -2.47. The van der Waals surface area contributed by atoms with E-state index in [0.29, 0.717) is 18.9 Å². The van der Waals surface area contributed by atoms with Gasteiger partial charge >= 0.3 is 0 Å². The molecule has 0 aliphatic heterocycles. The van der Waals surface area contributed by atoms with Gasteiger partial charge in [-0.05, 0) is 30.0 Å². The van der Waals surface area contributed by atoms with Crippen molar-refractivity contribution in [1.82, 2.24) is 15.8 Å². The van der Waals surface area contributed by atoms with E-state index in [-0.39, 0.29) is 5.91 Å². The molecule has 0 saturated heterocycles. The summed E-state index contributed by atoms with van der Waals surface area (Å²) in [7, 11) is 0. The van der Waals surface area contributed by atoms with Gasteiger partial charge in [-0.15, -0.1) is 0 Å². The van der Waals surface area contributed by atoms with Crippen molar-refractivity contribution in [2.45, 2.75) is 32.9 Å². The van der Waals surface area contributed by atoms with Crippen LogP contribution in [0.5, 0.6) is 0 Å². The summed E-state index contributed by atoms with van der Waals surface area (Å²) in [4.78, 5) is 15.5. The Labute approximate surface area is 102 Å². The van der Waals surface area contributed by atoms with Gasteiger partial charge in [-0.1, -0.05) is 13.8 Å². The van der Waals surface area contributed by atoms with Crippen molar-refractivity contribution in [3.05, 3.63) is 30.1 Å². The van der Waals surface area contributed by atoms with Crippen LogP contribution in [0.2, 0.25) is 0 Å². The molecule has 4 N–H and O–H groups in total. The predicted octanol–water partition coefficient (Wildman–Crippen LogP) is 0.576. The van der Waals surface area contributed by atoms with Crippen molar-refractivity contribution in [1.29, 1.82) is 0 Å². The zero-order valence-corrected chi connectivity index (χ0v) is 10.3. The summed E-state index contributed by atoms with van der Waals surface area (Å²) in [5.41, 5.74) is 12.2. The molecule has 1 aromatic rings. The molecule has 5 heteroatoms. The van der Waals surface area contributed by atoms with Crippen molar-refractivity contribution >= 4 is 5.91 Å². The van der Waals surface area contributed by atoms with Gasteiger partial charge < -0.3 is 5.73 Å².